The Balaban J connectivity index is 2.15. The highest BCUT2D eigenvalue weighted by Gasteiger charge is 2.55. The summed E-state index contributed by atoms with van der Waals surface area (Å²) < 4.78 is 41.9. The first-order valence-electron chi connectivity index (χ1n) is 9.65. The molecule has 1 saturated carbocycles. The molecule has 1 N–H and O–H groups in total. The van der Waals surface area contributed by atoms with Crippen LogP contribution in [0.4, 0.5) is 8.78 Å². The Labute approximate surface area is 183 Å². The van der Waals surface area contributed by atoms with Crippen LogP contribution in [-0.2, 0) is 31.1 Å². The van der Waals surface area contributed by atoms with Gasteiger partial charge in [-0.15, -0.1) is 11.3 Å². The van der Waals surface area contributed by atoms with Crippen LogP contribution in [0.3, 0.4) is 0 Å². The van der Waals surface area contributed by atoms with E-state index in [0.717, 1.165) is 17.4 Å². The summed E-state index contributed by atoms with van der Waals surface area (Å²) in [6, 6.07) is 0.752. The van der Waals surface area contributed by atoms with E-state index in [2.05, 4.69) is 0 Å². The molecule has 0 aliphatic heterocycles. The smallest absolute Gasteiger partial charge is 0.345 e. The molecule has 11 heteroatoms. The number of rotatable bonds is 6. The standard InChI is InChI=1S/C21H17F2NO7S/c1-3-30-19(27)13-17(26)11-6-12(22)14(21(4-5-21)20(28)29)15(23)16(11)24-10(7-31-9(2)25)8-32-18(13)24/h6,8H,3-5,7H2,1-2H3,(H,28,29). The van der Waals surface area contributed by atoms with Crippen molar-refractivity contribution in [2.24, 2.45) is 0 Å². The van der Waals surface area contributed by atoms with Gasteiger partial charge in [0.25, 0.3) is 0 Å². The van der Waals surface area contributed by atoms with Crippen LogP contribution in [0, 0.1) is 11.6 Å². The first-order chi connectivity index (χ1) is 15.1. The van der Waals surface area contributed by atoms with Gasteiger partial charge in [0, 0.05) is 17.9 Å². The molecule has 0 unspecified atom stereocenters. The van der Waals surface area contributed by atoms with Gasteiger partial charge in [-0.1, -0.05) is 0 Å². The molecule has 4 rings (SSSR count). The van der Waals surface area contributed by atoms with Crippen LogP contribution in [0.15, 0.2) is 16.2 Å². The van der Waals surface area contributed by atoms with Crippen LogP contribution >= 0.6 is 11.3 Å². The van der Waals surface area contributed by atoms with E-state index in [1.165, 1.54) is 16.7 Å². The Morgan fingerprint density at radius 3 is 2.50 bits per heavy atom. The Bertz CT molecular complexity index is 1370. The number of esters is 2. The molecular formula is C21H17F2NO7S. The zero-order valence-corrected chi connectivity index (χ0v) is 17.8. The molecule has 0 atom stereocenters. The van der Waals surface area contributed by atoms with Crippen molar-refractivity contribution in [1.29, 1.82) is 0 Å². The van der Waals surface area contributed by atoms with E-state index >= 15 is 4.39 Å². The number of hydrogen-bond donors (Lipinski definition) is 1. The summed E-state index contributed by atoms with van der Waals surface area (Å²) in [6.07, 6.45) is 0.0924. The number of aliphatic carboxylic acids is 1. The lowest BCUT2D eigenvalue weighted by Gasteiger charge is -2.17. The Hall–Kier alpha value is -3.34. The van der Waals surface area contributed by atoms with Gasteiger partial charge in [0.05, 0.1) is 28.6 Å². The summed E-state index contributed by atoms with van der Waals surface area (Å²) in [5.74, 6) is -5.34. The fourth-order valence-electron chi connectivity index (χ4n) is 3.80. The third-order valence-electron chi connectivity index (χ3n) is 5.44. The number of aromatic nitrogens is 1. The minimum atomic E-state index is -1.72. The molecule has 168 valence electrons. The van der Waals surface area contributed by atoms with E-state index in [0.29, 0.717) is 0 Å². The third-order valence-corrected chi connectivity index (χ3v) is 6.44. The highest BCUT2D eigenvalue weighted by Crippen LogP contribution is 2.51. The molecular weight excluding hydrogens is 448 g/mol. The molecule has 1 aromatic carbocycles. The topological polar surface area (TPSA) is 111 Å². The van der Waals surface area contributed by atoms with E-state index in [-0.39, 0.29) is 42.1 Å². The molecule has 2 aromatic heterocycles. The predicted octanol–water partition coefficient (Wildman–Crippen LogP) is 3.15. The van der Waals surface area contributed by atoms with Gasteiger partial charge in [-0.25, -0.2) is 13.6 Å². The van der Waals surface area contributed by atoms with E-state index in [1.54, 1.807) is 6.92 Å². The number of nitrogens with zero attached hydrogens (tertiary/aromatic N) is 1. The first-order valence-corrected chi connectivity index (χ1v) is 10.5. The van der Waals surface area contributed by atoms with Crippen LogP contribution in [0.1, 0.15) is 48.3 Å². The van der Waals surface area contributed by atoms with Crippen LogP contribution in [0.2, 0.25) is 0 Å². The maximum absolute atomic E-state index is 15.8. The van der Waals surface area contributed by atoms with Crippen molar-refractivity contribution in [3.8, 4) is 0 Å². The van der Waals surface area contributed by atoms with Gasteiger partial charge in [0.1, 0.15) is 22.8 Å². The summed E-state index contributed by atoms with van der Waals surface area (Å²) >= 11 is 0.918. The summed E-state index contributed by atoms with van der Waals surface area (Å²) in [6.45, 7) is 2.37. The minimum Gasteiger partial charge on any atom is -0.481 e. The van der Waals surface area contributed by atoms with Gasteiger partial charge in [-0.3, -0.25) is 18.8 Å². The Morgan fingerprint density at radius 2 is 1.94 bits per heavy atom. The average molecular weight is 465 g/mol. The van der Waals surface area contributed by atoms with Crippen LogP contribution < -0.4 is 5.43 Å². The van der Waals surface area contributed by atoms with Crippen molar-refractivity contribution < 1.29 is 37.7 Å². The zero-order chi connectivity index (χ0) is 23.4. The summed E-state index contributed by atoms with van der Waals surface area (Å²) in [5.41, 5.74) is -3.88. The zero-order valence-electron chi connectivity index (χ0n) is 17.0. The Morgan fingerprint density at radius 1 is 1.25 bits per heavy atom. The van der Waals surface area contributed by atoms with Crippen molar-refractivity contribution >= 4 is 45.0 Å². The molecule has 8 nitrogen and oxygen atoms in total. The largest absolute Gasteiger partial charge is 0.481 e. The number of carboxylic acid groups (broad SMARTS) is 1. The van der Waals surface area contributed by atoms with Gasteiger partial charge < -0.3 is 14.6 Å². The lowest BCUT2D eigenvalue weighted by atomic mass is 9.93. The molecule has 0 amide bonds. The van der Waals surface area contributed by atoms with E-state index < -0.39 is 56.9 Å². The van der Waals surface area contributed by atoms with Crippen LogP contribution in [0.25, 0.3) is 15.7 Å². The molecule has 32 heavy (non-hydrogen) atoms. The molecule has 0 saturated heterocycles. The number of thiazole rings is 1. The number of fused-ring (bicyclic) bond motifs is 3. The lowest BCUT2D eigenvalue weighted by Crippen LogP contribution is -2.25. The van der Waals surface area contributed by atoms with Gasteiger partial charge >= 0.3 is 17.9 Å². The number of hydrogen-bond acceptors (Lipinski definition) is 7. The lowest BCUT2D eigenvalue weighted by molar-refractivity contribution is -0.142. The molecule has 0 bridgehead atoms. The Kier molecular flexibility index (Phi) is 5.24. The fraction of sp³-hybridized carbons (Fsp3) is 0.333. The number of carbonyl (C=O) groups excluding carboxylic acids is 2. The normalized spacial score (nSPS) is 14.5. The van der Waals surface area contributed by atoms with Crippen LogP contribution in [0.5, 0.6) is 0 Å². The monoisotopic (exact) mass is 465 g/mol. The second kappa shape index (κ2) is 7.66. The van der Waals surface area contributed by atoms with Crippen molar-refractivity contribution in [3.63, 3.8) is 0 Å². The second-order valence-corrected chi connectivity index (χ2v) is 8.26. The van der Waals surface area contributed by atoms with Gasteiger partial charge in [0.2, 0.25) is 5.43 Å². The quantitative estimate of drug-likeness (QED) is 0.557. The second-order valence-electron chi connectivity index (χ2n) is 7.40. The molecule has 0 spiro atoms. The third kappa shape index (κ3) is 3.15. The maximum atomic E-state index is 15.8. The summed E-state index contributed by atoms with van der Waals surface area (Å²) in [7, 11) is 0. The van der Waals surface area contributed by atoms with Crippen molar-refractivity contribution in [3.05, 3.63) is 50.1 Å². The fourth-order valence-corrected chi connectivity index (χ4v) is 4.83. The minimum absolute atomic E-state index is 0.0136. The van der Waals surface area contributed by atoms with Crippen LogP contribution in [-0.4, -0.2) is 34.0 Å². The van der Waals surface area contributed by atoms with Gasteiger partial charge in [-0.05, 0) is 25.8 Å². The number of carboxylic acids is 1. The predicted molar refractivity (Wildman–Crippen MR) is 109 cm³/mol. The number of pyridine rings is 1. The van der Waals surface area contributed by atoms with E-state index in [1.807, 2.05) is 0 Å². The highest BCUT2D eigenvalue weighted by atomic mass is 32.1. The number of carbonyl (C=O) groups is 3. The van der Waals surface area contributed by atoms with Crippen molar-refractivity contribution in [1.82, 2.24) is 4.40 Å². The molecule has 2 heterocycles. The van der Waals surface area contributed by atoms with E-state index in [9.17, 15) is 28.7 Å². The average Bonchev–Trinajstić information content (AvgIpc) is 3.41. The first kappa shape index (κ1) is 21.9. The molecule has 3 aromatic rings. The number of halogens is 2. The van der Waals surface area contributed by atoms with Crippen molar-refractivity contribution in [2.75, 3.05) is 6.61 Å². The van der Waals surface area contributed by atoms with Gasteiger partial charge in [-0.2, -0.15) is 0 Å². The molecule has 1 fully saturated rings. The molecule has 1 aliphatic rings. The van der Waals surface area contributed by atoms with Crippen molar-refractivity contribution in [2.45, 2.75) is 38.7 Å². The summed E-state index contributed by atoms with van der Waals surface area (Å²) in [5, 5.41) is 10.6. The number of benzene rings is 1. The maximum Gasteiger partial charge on any atom is 0.345 e. The number of ether oxygens (including phenoxy) is 2. The van der Waals surface area contributed by atoms with E-state index in [4.69, 9.17) is 9.47 Å². The highest BCUT2D eigenvalue weighted by molar-refractivity contribution is 7.16. The molecule has 1 aliphatic carbocycles. The summed E-state index contributed by atoms with van der Waals surface area (Å²) in [4.78, 5) is 48.7. The SMILES string of the molecule is CCOC(=O)c1c(=O)c2cc(F)c(C3(C(=O)O)CC3)c(F)c2n2c(COC(C)=O)csc12. The molecule has 0 radical (unpaired) electrons. The van der Waals surface area contributed by atoms with Gasteiger partial charge in [0.15, 0.2) is 5.82 Å².